The van der Waals surface area contributed by atoms with Crippen molar-refractivity contribution in [3.05, 3.63) is 87.2 Å². The summed E-state index contributed by atoms with van der Waals surface area (Å²) in [6, 6.07) is 9.56. The minimum absolute atomic E-state index is 0.0680. The monoisotopic (exact) mass is 462 g/mol. The van der Waals surface area contributed by atoms with Crippen molar-refractivity contribution < 1.29 is 39.1 Å². The molecule has 5 rings (SSSR count). The van der Waals surface area contributed by atoms with E-state index in [9.17, 15) is 30.0 Å². The van der Waals surface area contributed by atoms with Crippen molar-refractivity contribution >= 4 is 17.9 Å². The Morgan fingerprint density at radius 3 is 2.24 bits per heavy atom. The summed E-state index contributed by atoms with van der Waals surface area (Å²) in [5, 5.41) is 38.7. The highest BCUT2D eigenvalue weighted by molar-refractivity contribution is 6.02. The largest absolute Gasteiger partial charge is 0.504 e. The van der Waals surface area contributed by atoms with E-state index in [0.717, 1.165) is 0 Å². The zero-order chi connectivity index (χ0) is 24.2. The average molecular weight is 462 g/mol. The van der Waals surface area contributed by atoms with Crippen molar-refractivity contribution in [2.24, 2.45) is 0 Å². The van der Waals surface area contributed by atoms with E-state index in [-0.39, 0.29) is 40.1 Å². The van der Waals surface area contributed by atoms with E-state index in [1.807, 2.05) is 0 Å². The number of phenolic OH excluding ortho intramolecular Hbond substituents is 4. The molecule has 2 aromatic carbocycles. The smallest absolute Gasteiger partial charge is 0.347 e. The third-order valence-electron chi connectivity index (χ3n) is 5.68. The summed E-state index contributed by atoms with van der Waals surface area (Å²) >= 11 is 0. The lowest BCUT2D eigenvalue weighted by molar-refractivity contribution is -0.139. The van der Waals surface area contributed by atoms with Crippen LogP contribution in [0, 0.1) is 0 Å². The first kappa shape index (κ1) is 21.2. The van der Waals surface area contributed by atoms with Gasteiger partial charge in [-0.15, -0.1) is 0 Å². The SMILES string of the molecule is CC1=CC(=O)[C@@]2(O1)c1c(cc(/C=C/c3ccc(O)c(O)c3)oc1=O)O[C@H]2c1ccc(O)c(O)c1. The minimum atomic E-state index is -1.84. The van der Waals surface area contributed by atoms with Gasteiger partial charge in [-0.05, 0) is 42.8 Å². The molecule has 0 saturated heterocycles. The summed E-state index contributed by atoms with van der Waals surface area (Å²) in [6.07, 6.45) is 3.14. The number of benzene rings is 2. The molecule has 0 aliphatic carbocycles. The third kappa shape index (κ3) is 3.17. The number of fused-ring (bicyclic) bond motifs is 2. The Hall–Kier alpha value is -4.66. The number of allylic oxidation sites excluding steroid dienone is 1. The van der Waals surface area contributed by atoms with Crippen LogP contribution < -0.4 is 10.4 Å². The van der Waals surface area contributed by atoms with Crippen LogP contribution in [0.25, 0.3) is 12.2 Å². The van der Waals surface area contributed by atoms with E-state index < -0.39 is 28.9 Å². The molecule has 34 heavy (non-hydrogen) atoms. The Morgan fingerprint density at radius 2 is 1.59 bits per heavy atom. The van der Waals surface area contributed by atoms with Crippen LogP contribution in [0.15, 0.2) is 63.5 Å². The summed E-state index contributed by atoms with van der Waals surface area (Å²) in [5.74, 6) is -1.40. The van der Waals surface area contributed by atoms with Gasteiger partial charge in [0.1, 0.15) is 17.1 Å². The molecule has 2 aliphatic heterocycles. The van der Waals surface area contributed by atoms with E-state index in [4.69, 9.17) is 13.9 Å². The maximum absolute atomic E-state index is 13.1. The highest BCUT2D eigenvalue weighted by Gasteiger charge is 2.61. The van der Waals surface area contributed by atoms with Gasteiger partial charge in [-0.2, -0.15) is 0 Å². The van der Waals surface area contributed by atoms with Gasteiger partial charge < -0.3 is 34.3 Å². The van der Waals surface area contributed by atoms with Crippen molar-refractivity contribution in [2.45, 2.75) is 18.6 Å². The standard InChI is InChI=1S/C25H18O9/c1-12-8-21(30)25(34-12)22-20(33-23(25)14-4-7-17(27)19(29)10-14)11-15(32-24(22)31)5-2-13-3-6-16(26)18(28)9-13/h2-11,23,26-29H,1H3/b5-2+/t23-,25+/m0/s1. The van der Waals surface area contributed by atoms with Crippen molar-refractivity contribution in [3.8, 4) is 28.7 Å². The number of hydrogen-bond acceptors (Lipinski definition) is 9. The van der Waals surface area contributed by atoms with E-state index in [0.29, 0.717) is 11.1 Å². The summed E-state index contributed by atoms with van der Waals surface area (Å²) in [7, 11) is 0. The number of carbonyl (C=O) groups excluding carboxylic acids is 1. The molecule has 0 amide bonds. The van der Waals surface area contributed by atoms with Crippen LogP contribution in [0.1, 0.15) is 35.5 Å². The maximum Gasteiger partial charge on any atom is 0.347 e. The summed E-state index contributed by atoms with van der Waals surface area (Å²) in [6.45, 7) is 1.57. The van der Waals surface area contributed by atoms with E-state index in [1.165, 1.54) is 48.6 Å². The Kier molecular flexibility index (Phi) is 4.64. The molecule has 9 nitrogen and oxygen atoms in total. The first-order valence-electron chi connectivity index (χ1n) is 10.2. The highest BCUT2D eigenvalue weighted by Crippen LogP contribution is 2.54. The van der Waals surface area contributed by atoms with Gasteiger partial charge in [-0.1, -0.05) is 18.2 Å². The van der Waals surface area contributed by atoms with Gasteiger partial charge in [0.2, 0.25) is 11.4 Å². The molecule has 0 unspecified atom stereocenters. The van der Waals surface area contributed by atoms with Gasteiger partial charge in [0.25, 0.3) is 0 Å². The van der Waals surface area contributed by atoms with Crippen LogP contribution in [-0.2, 0) is 15.1 Å². The normalized spacial score (nSPS) is 20.9. The number of ketones is 1. The zero-order valence-corrected chi connectivity index (χ0v) is 17.7. The van der Waals surface area contributed by atoms with Gasteiger partial charge >= 0.3 is 5.63 Å². The lowest BCUT2D eigenvalue weighted by atomic mass is 9.84. The molecule has 0 fully saturated rings. The first-order valence-corrected chi connectivity index (χ1v) is 10.2. The number of ether oxygens (including phenoxy) is 2. The van der Waals surface area contributed by atoms with E-state index in [1.54, 1.807) is 19.1 Å². The second-order valence-corrected chi connectivity index (χ2v) is 7.96. The van der Waals surface area contributed by atoms with Gasteiger partial charge in [0.05, 0.1) is 5.76 Å². The van der Waals surface area contributed by atoms with Gasteiger partial charge in [0.15, 0.2) is 29.1 Å². The quantitative estimate of drug-likeness (QED) is 0.430. The lowest BCUT2D eigenvalue weighted by Gasteiger charge is -2.28. The van der Waals surface area contributed by atoms with Crippen LogP contribution >= 0.6 is 0 Å². The molecular formula is C25H18O9. The molecule has 1 spiro atoms. The molecule has 0 radical (unpaired) electrons. The molecule has 3 aromatic rings. The fraction of sp³-hybridized carbons (Fsp3) is 0.120. The molecule has 1 aromatic heterocycles. The molecule has 0 saturated carbocycles. The summed E-state index contributed by atoms with van der Waals surface area (Å²) in [4.78, 5) is 26.1. The Morgan fingerprint density at radius 1 is 0.882 bits per heavy atom. The number of aromatic hydroxyl groups is 4. The van der Waals surface area contributed by atoms with Crippen molar-refractivity contribution in [1.82, 2.24) is 0 Å². The molecule has 9 heteroatoms. The van der Waals surface area contributed by atoms with Crippen LogP contribution in [-0.4, -0.2) is 26.2 Å². The topological polar surface area (TPSA) is 147 Å². The molecule has 2 atom stereocenters. The second kappa shape index (κ2) is 7.45. The van der Waals surface area contributed by atoms with Crippen LogP contribution in [0.5, 0.6) is 28.7 Å². The fourth-order valence-corrected chi connectivity index (χ4v) is 4.15. The van der Waals surface area contributed by atoms with Crippen molar-refractivity contribution in [3.63, 3.8) is 0 Å². The lowest BCUT2D eigenvalue weighted by Crippen LogP contribution is -2.41. The third-order valence-corrected chi connectivity index (χ3v) is 5.68. The number of carbonyl (C=O) groups is 1. The van der Waals surface area contributed by atoms with Crippen molar-refractivity contribution in [1.29, 1.82) is 0 Å². The van der Waals surface area contributed by atoms with E-state index in [2.05, 4.69) is 0 Å². The summed E-state index contributed by atoms with van der Waals surface area (Å²) < 4.78 is 17.3. The number of hydrogen-bond donors (Lipinski definition) is 4. The fourth-order valence-electron chi connectivity index (χ4n) is 4.15. The van der Waals surface area contributed by atoms with E-state index >= 15 is 0 Å². The van der Waals surface area contributed by atoms with Crippen LogP contribution in [0.3, 0.4) is 0 Å². The molecule has 4 N–H and O–H groups in total. The predicted octanol–water partition coefficient (Wildman–Crippen LogP) is 3.46. The number of phenols is 4. The Bertz CT molecular complexity index is 1460. The summed E-state index contributed by atoms with van der Waals surface area (Å²) in [5.41, 5.74) is -1.95. The first-order chi connectivity index (χ1) is 16.2. The zero-order valence-electron chi connectivity index (χ0n) is 17.7. The molecule has 3 heterocycles. The van der Waals surface area contributed by atoms with Gasteiger partial charge in [-0.25, -0.2) is 4.79 Å². The highest BCUT2D eigenvalue weighted by atomic mass is 16.6. The van der Waals surface area contributed by atoms with Crippen molar-refractivity contribution in [2.75, 3.05) is 0 Å². The molecule has 172 valence electrons. The minimum Gasteiger partial charge on any atom is -0.504 e. The molecular weight excluding hydrogens is 444 g/mol. The van der Waals surface area contributed by atoms with Gasteiger partial charge in [0, 0.05) is 17.7 Å². The maximum atomic E-state index is 13.1. The molecule has 2 aliphatic rings. The average Bonchev–Trinajstić information content (AvgIpc) is 3.27. The van der Waals surface area contributed by atoms with Crippen LogP contribution in [0.2, 0.25) is 0 Å². The Balaban J connectivity index is 1.60. The predicted molar refractivity (Wildman–Crippen MR) is 118 cm³/mol. The second-order valence-electron chi connectivity index (χ2n) is 7.96. The van der Waals surface area contributed by atoms with Gasteiger partial charge in [-0.3, -0.25) is 4.79 Å². The number of rotatable bonds is 3. The molecule has 0 bridgehead atoms. The van der Waals surface area contributed by atoms with Crippen LogP contribution in [0.4, 0.5) is 0 Å². The Labute approximate surface area is 192 Å².